The minimum Gasteiger partial charge on any atom is -0.469 e. The van der Waals surface area contributed by atoms with Gasteiger partial charge in [-0.15, -0.1) is 0 Å². The largest absolute Gasteiger partial charge is 0.469 e. The first kappa shape index (κ1) is 23.9. The van der Waals surface area contributed by atoms with Gasteiger partial charge < -0.3 is 14.8 Å². The number of carbonyl (C=O) groups is 4. The van der Waals surface area contributed by atoms with Crippen LogP contribution in [0.1, 0.15) is 20.3 Å². The first-order chi connectivity index (χ1) is 15.8. The maximum Gasteiger partial charge on any atom is 0.419 e. The number of methoxy groups -OCH3 is 1. The summed E-state index contributed by atoms with van der Waals surface area (Å²) < 4.78 is 24.4. The standard InChI is InChI=1S/C24H25FN2O6/c1-14(2)22(23(30)26-17(20(28)13-25)12-21(29)32-3)33-24(31)27-18-10-6-4-8-15(18)16-9-5-7-11-19(16)27/h4-11,14,17,22H,12-13H2,1-3H3,(H,26,30). The van der Waals surface area contributed by atoms with Gasteiger partial charge in [0, 0.05) is 10.8 Å². The van der Waals surface area contributed by atoms with E-state index in [1.807, 2.05) is 24.3 Å². The number of para-hydroxylation sites is 2. The molecule has 1 N–H and O–H groups in total. The average molecular weight is 456 g/mol. The Morgan fingerprint density at radius 2 is 1.52 bits per heavy atom. The molecule has 0 radical (unpaired) electrons. The number of ketones is 1. The molecule has 3 rings (SSSR count). The van der Waals surface area contributed by atoms with Crippen LogP contribution in [0.4, 0.5) is 9.18 Å². The number of esters is 1. The molecule has 0 saturated carbocycles. The highest BCUT2D eigenvalue weighted by atomic mass is 19.1. The van der Waals surface area contributed by atoms with Gasteiger partial charge in [0.25, 0.3) is 5.91 Å². The Bertz CT molecular complexity index is 1150. The fraction of sp³-hybridized carbons (Fsp3) is 0.333. The fourth-order valence-corrected chi connectivity index (χ4v) is 3.62. The van der Waals surface area contributed by atoms with Crippen molar-refractivity contribution in [1.82, 2.24) is 9.88 Å². The number of fused-ring (bicyclic) bond motifs is 3. The first-order valence-electron chi connectivity index (χ1n) is 10.4. The third-order valence-corrected chi connectivity index (χ3v) is 5.29. The summed E-state index contributed by atoms with van der Waals surface area (Å²) in [6.45, 7) is 1.96. The lowest BCUT2D eigenvalue weighted by Gasteiger charge is -2.24. The van der Waals surface area contributed by atoms with Crippen LogP contribution in [0.5, 0.6) is 0 Å². The van der Waals surface area contributed by atoms with E-state index in [1.165, 1.54) is 4.57 Å². The molecule has 0 aliphatic carbocycles. The minimum absolute atomic E-state index is 0.471. The van der Waals surface area contributed by atoms with Crippen LogP contribution in [0.25, 0.3) is 21.8 Å². The van der Waals surface area contributed by atoms with Crippen LogP contribution in [0.3, 0.4) is 0 Å². The number of halogens is 1. The Kier molecular flexibility index (Phi) is 7.42. The van der Waals surface area contributed by atoms with Crippen LogP contribution in [-0.2, 0) is 23.9 Å². The molecule has 1 amide bonds. The molecule has 0 spiro atoms. The van der Waals surface area contributed by atoms with Gasteiger partial charge in [0.2, 0.25) is 0 Å². The van der Waals surface area contributed by atoms with E-state index in [4.69, 9.17) is 4.74 Å². The van der Waals surface area contributed by atoms with Crippen LogP contribution in [0.2, 0.25) is 0 Å². The van der Waals surface area contributed by atoms with Crippen molar-refractivity contribution in [2.24, 2.45) is 5.92 Å². The third kappa shape index (κ3) is 5.02. The van der Waals surface area contributed by atoms with Gasteiger partial charge >= 0.3 is 12.1 Å². The zero-order chi connectivity index (χ0) is 24.1. The van der Waals surface area contributed by atoms with E-state index in [-0.39, 0.29) is 0 Å². The number of amides is 1. The third-order valence-electron chi connectivity index (χ3n) is 5.29. The maximum absolute atomic E-state index is 13.2. The molecule has 0 bridgehead atoms. The Morgan fingerprint density at radius 3 is 2.00 bits per heavy atom. The summed E-state index contributed by atoms with van der Waals surface area (Å²) in [6.07, 6.45) is -2.59. The Hall–Kier alpha value is -3.75. The molecule has 8 nitrogen and oxygen atoms in total. The molecule has 1 aromatic heterocycles. The molecule has 1 heterocycles. The van der Waals surface area contributed by atoms with Gasteiger partial charge in [-0.05, 0) is 18.1 Å². The number of aromatic nitrogens is 1. The van der Waals surface area contributed by atoms with E-state index in [0.29, 0.717) is 11.0 Å². The first-order valence-corrected chi connectivity index (χ1v) is 10.4. The van der Waals surface area contributed by atoms with Crippen molar-refractivity contribution in [1.29, 1.82) is 0 Å². The van der Waals surface area contributed by atoms with Gasteiger partial charge in [-0.3, -0.25) is 14.4 Å². The molecular formula is C24H25FN2O6. The second-order valence-corrected chi connectivity index (χ2v) is 7.86. The van der Waals surface area contributed by atoms with Gasteiger partial charge in [-0.2, -0.15) is 0 Å². The van der Waals surface area contributed by atoms with E-state index < -0.39 is 54.9 Å². The Balaban J connectivity index is 1.89. The summed E-state index contributed by atoms with van der Waals surface area (Å²) in [7, 11) is 1.12. The lowest BCUT2D eigenvalue weighted by atomic mass is 10.0. The van der Waals surface area contributed by atoms with E-state index in [1.54, 1.807) is 38.1 Å². The zero-order valence-electron chi connectivity index (χ0n) is 18.5. The summed E-state index contributed by atoms with van der Waals surface area (Å²) in [5, 5.41) is 4.02. The maximum atomic E-state index is 13.2. The van der Waals surface area contributed by atoms with Crippen LogP contribution in [0.15, 0.2) is 48.5 Å². The highest BCUT2D eigenvalue weighted by Crippen LogP contribution is 2.29. The molecule has 0 saturated heterocycles. The smallest absolute Gasteiger partial charge is 0.419 e. The molecule has 33 heavy (non-hydrogen) atoms. The lowest BCUT2D eigenvalue weighted by molar-refractivity contribution is -0.144. The molecule has 3 aromatic rings. The van der Waals surface area contributed by atoms with Crippen molar-refractivity contribution in [3.63, 3.8) is 0 Å². The van der Waals surface area contributed by atoms with Gasteiger partial charge in [0.1, 0.15) is 12.7 Å². The quantitative estimate of drug-likeness (QED) is 0.521. The van der Waals surface area contributed by atoms with Crippen molar-refractivity contribution < 1.29 is 33.0 Å². The number of Topliss-reactive ketones (excluding diaryl/α,β-unsaturated/α-hetero) is 1. The molecule has 2 atom stereocenters. The van der Waals surface area contributed by atoms with Crippen molar-refractivity contribution in [2.45, 2.75) is 32.4 Å². The van der Waals surface area contributed by atoms with Gasteiger partial charge in [-0.1, -0.05) is 50.2 Å². The number of nitrogens with zero attached hydrogens (tertiary/aromatic N) is 1. The van der Waals surface area contributed by atoms with Crippen LogP contribution in [0, 0.1) is 5.92 Å². The van der Waals surface area contributed by atoms with Crippen LogP contribution < -0.4 is 5.32 Å². The second-order valence-electron chi connectivity index (χ2n) is 7.86. The van der Waals surface area contributed by atoms with E-state index in [2.05, 4.69) is 10.1 Å². The van der Waals surface area contributed by atoms with E-state index in [0.717, 1.165) is 17.9 Å². The van der Waals surface area contributed by atoms with Crippen molar-refractivity contribution in [3.05, 3.63) is 48.5 Å². The molecule has 0 fully saturated rings. The topological polar surface area (TPSA) is 104 Å². The normalized spacial score (nSPS) is 13.0. The summed E-state index contributed by atoms with van der Waals surface area (Å²) in [6, 6.07) is 13.2. The van der Waals surface area contributed by atoms with Gasteiger partial charge in [0.05, 0.1) is 24.6 Å². The molecule has 174 valence electrons. The molecule has 2 aromatic carbocycles. The Morgan fingerprint density at radius 1 is 0.970 bits per heavy atom. The summed E-state index contributed by atoms with van der Waals surface area (Å²) in [5.41, 5.74) is 1.23. The molecule has 2 unspecified atom stereocenters. The Labute approximate surface area is 189 Å². The number of benzene rings is 2. The van der Waals surface area contributed by atoms with E-state index >= 15 is 0 Å². The van der Waals surface area contributed by atoms with Crippen LogP contribution in [-0.4, -0.2) is 54.3 Å². The number of hydrogen-bond donors (Lipinski definition) is 1. The fourth-order valence-electron chi connectivity index (χ4n) is 3.62. The highest BCUT2D eigenvalue weighted by molar-refractivity contribution is 6.12. The van der Waals surface area contributed by atoms with Crippen molar-refractivity contribution in [2.75, 3.05) is 13.8 Å². The average Bonchev–Trinajstić information content (AvgIpc) is 3.15. The number of rotatable bonds is 8. The monoisotopic (exact) mass is 456 g/mol. The van der Waals surface area contributed by atoms with Crippen molar-refractivity contribution in [3.8, 4) is 0 Å². The summed E-state index contributed by atoms with van der Waals surface area (Å²) in [4.78, 5) is 49.6. The minimum atomic E-state index is -1.43. The van der Waals surface area contributed by atoms with Gasteiger partial charge in [0.15, 0.2) is 11.9 Å². The second kappa shape index (κ2) is 10.2. The van der Waals surface area contributed by atoms with Crippen LogP contribution >= 0.6 is 0 Å². The molecule has 9 heteroatoms. The SMILES string of the molecule is COC(=O)CC(NC(=O)C(OC(=O)n1c2ccccc2c2ccccc21)C(C)C)C(=O)CF. The predicted octanol–water partition coefficient (Wildman–Crippen LogP) is 3.39. The number of hydrogen-bond acceptors (Lipinski definition) is 6. The number of ether oxygens (including phenoxy) is 2. The predicted molar refractivity (Wildman–Crippen MR) is 119 cm³/mol. The molecule has 0 aliphatic rings. The number of alkyl halides is 1. The number of carbonyl (C=O) groups excluding carboxylic acids is 4. The highest BCUT2D eigenvalue weighted by Gasteiger charge is 2.32. The van der Waals surface area contributed by atoms with Crippen molar-refractivity contribution >= 4 is 45.6 Å². The summed E-state index contributed by atoms with van der Waals surface area (Å²) >= 11 is 0. The number of nitrogens with one attached hydrogen (secondary N) is 1. The summed E-state index contributed by atoms with van der Waals surface area (Å²) in [5.74, 6) is -3.05. The zero-order valence-corrected chi connectivity index (χ0v) is 18.5. The van der Waals surface area contributed by atoms with Gasteiger partial charge in [-0.25, -0.2) is 13.8 Å². The van der Waals surface area contributed by atoms with E-state index in [9.17, 15) is 23.6 Å². The molecular weight excluding hydrogens is 431 g/mol. The molecule has 0 aliphatic heterocycles. The lowest BCUT2D eigenvalue weighted by Crippen LogP contribution is -2.49.